The molecule has 1 fully saturated rings. The standard InChI is InChI=1S/C22H25F2N5O2S/c1-3-25-14-29(22-8-9-26-28(22)2)18-11-15(20-7-4-16(23)12-21(20)24)10-17(13-18)27-32(30,31)19-5-6-19/h4,7,9-14,19,22,27H,3,5-6,8H2,1-2H3/b25-14-. The molecule has 10 heteroatoms. The van der Waals surface area contributed by atoms with Gasteiger partial charge in [0.2, 0.25) is 10.0 Å². The van der Waals surface area contributed by atoms with Crippen LogP contribution in [-0.4, -0.2) is 51.0 Å². The molecule has 0 amide bonds. The summed E-state index contributed by atoms with van der Waals surface area (Å²) in [6.07, 6.45) is 5.16. The molecule has 7 nitrogen and oxygen atoms in total. The van der Waals surface area contributed by atoms with E-state index >= 15 is 0 Å². The van der Waals surface area contributed by atoms with Crippen molar-refractivity contribution in [1.82, 2.24) is 5.01 Å². The number of benzene rings is 2. The molecule has 4 rings (SSSR count). The van der Waals surface area contributed by atoms with Gasteiger partial charge in [0, 0.05) is 43.5 Å². The molecule has 1 unspecified atom stereocenters. The highest BCUT2D eigenvalue weighted by Gasteiger charge is 2.36. The largest absolute Gasteiger partial charge is 0.310 e. The molecular formula is C22H25F2N5O2S. The summed E-state index contributed by atoms with van der Waals surface area (Å²) in [5.41, 5.74) is 1.51. The highest BCUT2D eigenvalue weighted by atomic mass is 32.2. The van der Waals surface area contributed by atoms with Crippen LogP contribution in [0, 0.1) is 11.6 Å². The number of hydrogen-bond donors (Lipinski definition) is 1. The lowest BCUT2D eigenvalue weighted by molar-refractivity contribution is 0.293. The maximum absolute atomic E-state index is 14.6. The molecule has 1 aliphatic carbocycles. The van der Waals surface area contributed by atoms with Crippen molar-refractivity contribution in [3.05, 3.63) is 48.0 Å². The molecule has 0 bridgehead atoms. The molecule has 1 N–H and O–H groups in total. The molecule has 0 spiro atoms. The second-order valence-corrected chi connectivity index (χ2v) is 9.81. The van der Waals surface area contributed by atoms with Crippen molar-refractivity contribution in [2.24, 2.45) is 10.1 Å². The Morgan fingerprint density at radius 2 is 2.03 bits per heavy atom. The zero-order valence-corrected chi connectivity index (χ0v) is 18.7. The van der Waals surface area contributed by atoms with Gasteiger partial charge in [0.25, 0.3) is 0 Å². The minimum absolute atomic E-state index is 0.170. The van der Waals surface area contributed by atoms with Crippen LogP contribution in [-0.2, 0) is 10.0 Å². The van der Waals surface area contributed by atoms with Gasteiger partial charge in [0.15, 0.2) is 0 Å². The monoisotopic (exact) mass is 461 g/mol. The number of rotatable bonds is 8. The Kier molecular flexibility index (Phi) is 6.14. The quantitative estimate of drug-likeness (QED) is 0.476. The number of aliphatic imine (C=N–C) groups is 1. The summed E-state index contributed by atoms with van der Waals surface area (Å²) in [6.45, 7) is 2.46. The van der Waals surface area contributed by atoms with Crippen LogP contribution in [0.5, 0.6) is 0 Å². The van der Waals surface area contributed by atoms with Crippen LogP contribution in [0.4, 0.5) is 20.2 Å². The zero-order chi connectivity index (χ0) is 22.9. The number of sulfonamides is 1. The lowest BCUT2D eigenvalue weighted by Gasteiger charge is -2.31. The minimum atomic E-state index is -3.54. The van der Waals surface area contributed by atoms with Crippen molar-refractivity contribution >= 4 is 34.0 Å². The predicted molar refractivity (Wildman–Crippen MR) is 124 cm³/mol. The molecule has 2 aromatic carbocycles. The van der Waals surface area contributed by atoms with Crippen LogP contribution < -0.4 is 9.62 Å². The van der Waals surface area contributed by atoms with Gasteiger partial charge in [-0.1, -0.05) is 0 Å². The summed E-state index contributed by atoms with van der Waals surface area (Å²) in [4.78, 5) is 6.23. The third-order valence-electron chi connectivity index (χ3n) is 5.40. The van der Waals surface area contributed by atoms with Crippen molar-refractivity contribution < 1.29 is 17.2 Å². The van der Waals surface area contributed by atoms with Crippen LogP contribution in [0.25, 0.3) is 11.1 Å². The summed E-state index contributed by atoms with van der Waals surface area (Å²) in [5, 5.41) is 5.65. The number of hydrogen-bond acceptors (Lipinski definition) is 5. The summed E-state index contributed by atoms with van der Waals surface area (Å²) in [7, 11) is -1.70. The number of halogens is 2. The first kappa shape index (κ1) is 22.2. The third-order valence-corrected chi connectivity index (χ3v) is 7.27. The van der Waals surface area contributed by atoms with Gasteiger partial charge in [-0.05, 0) is 55.7 Å². The van der Waals surface area contributed by atoms with Crippen molar-refractivity contribution in [3.8, 4) is 11.1 Å². The van der Waals surface area contributed by atoms with Crippen LogP contribution in [0.3, 0.4) is 0 Å². The fourth-order valence-electron chi connectivity index (χ4n) is 3.60. The fourth-order valence-corrected chi connectivity index (χ4v) is 4.97. The molecular weight excluding hydrogens is 436 g/mol. The second kappa shape index (κ2) is 8.85. The number of nitrogens with zero attached hydrogens (tertiary/aromatic N) is 4. The average molecular weight is 462 g/mol. The zero-order valence-electron chi connectivity index (χ0n) is 17.9. The van der Waals surface area contributed by atoms with Gasteiger partial charge in [-0.25, -0.2) is 17.2 Å². The Morgan fingerprint density at radius 1 is 1.25 bits per heavy atom. The topological polar surface area (TPSA) is 77.4 Å². The lowest BCUT2D eigenvalue weighted by atomic mass is 10.0. The van der Waals surface area contributed by atoms with Crippen LogP contribution in [0.2, 0.25) is 0 Å². The lowest BCUT2D eigenvalue weighted by Crippen LogP contribution is -2.41. The van der Waals surface area contributed by atoms with E-state index in [-0.39, 0.29) is 11.7 Å². The van der Waals surface area contributed by atoms with Crippen molar-refractivity contribution in [2.45, 2.75) is 37.6 Å². The Labute approximate surface area is 186 Å². The molecule has 0 saturated heterocycles. The second-order valence-electron chi connectivity index (χ2n) is 7.85. The molecule has 2 aromatic rings. The highest BCUT2D eigenvalue weighted by Crippen LogP contribution is 2.35. The molecule has 0 aromatic heterocycles. The number of hydrazone groups is 1. The van der Waals surface area contributed by atoms with Gasteiger partial charge in [-0.15, -0.1) is 0 Å². The van der Waals surface area contributed by atoms with Crippen molar-refractivity contribution in [1.29, 1.82) is 0 Å². The molecule has 2 aliphatic rings. The van der Waals surface area contributed by atoms with E-state index in [9.17, 15) is 17.2 Å². The third kappa shape index (κ3) is 4.74. The van der Waals surface area contributed by atoms with Gasteiger partial charge < -0.3 is 4.90 Å². The molecule has 32 heavy (non-hydrogen) atoms. The van der Waals surface area contributed by atoms with E-state index in [2.05, 4.69) is 14.8 Å². The van der Waals surface area contributed by atoms with E-state index in [1.165, 1.54) is 12.1 Å². The fraction of sp³-hybridized carbons (Fsp3) is 0.364. The molecule has 1 aliphatic heterocycles. The Balaban J connectivity index is 1.82. The maximum Gasteiger partial charge on any atom is 0.235 e. The van der Waals surface area contributed by atoms with E-state index in [0.29, 0.717) is 42.7 Å². The summed E-state index contributed by atoms with van der Waals surface area (Å²) < 4.78 is 55.9. The van der Waals surface area contributed by atoms with E-state index in [4.69, 9.17) is 0 Å². The minimum Gasteiger partial charge on any atom is -0.310 e. The molecule has 1 atom stereocenters. The van der Waals surface area contributed by atoms with Gasteiger partial charge in [0.1, 0.15) is 17.8 Å². The van der Waals surface area contributed by atoms with E-state index < -0.39 is 26.9 Å². The predicted octanol–water partition coefficient (Wildman–Crippen LogP) is 4.04. The Bertz CT molecular complexity index is 1160. The van der Waals surface area contributed by atoms with E-state index in [1.54, 1.807) is 35.8 Å². The Hall–Kier alpha value is -3.01. The first-order chi connectivity index (χ1) is 15.3. The molecule has 1 saturated carbocycles. The number of anilines is 2. The van der Waals surface area contributed by atoms with Gasteiger partial charge >= 0.3 is 0 Å². The average Bonchev–Trinajstić information content (AvgIpc) is 3.52. The SMILES string of the molecule is CC/N=C\N(c1cc(NS(=O)(=O)C2CC2)cc(-c2ccc(F)cc2F)c1)C1CC=NN1C. The summed E-state index contributed by atoms with van der Waals surface area (Å²) >= 11 is 0. The smallest absolute Gasteiger partial charge is 0.235 e. The molecule has 1 heterocycles. The Morgan fingerprint density at radius 3 is 2.66 bits per heavy atom. The summed E-state index contributed by atoms with van der Waals surface area (Å²) in [6, 6.07) is 8.32. The first-order valence-corrected chi connectivity index (χ1v) is 12.0. The van der Waals surface area contributed by atoms with Crippen molar-refractivity contribution in [3.63, 3.8) is 0 Å². The molecule has 170 valence electrons. The van der Waals surface area contributed by atoms with Gasteiger partial charge in [-0.3, -0.25) is 14.7 Å². The van der Waals surface area contributed by atoms with Gasteiger partial charge in [-0.2, -0.15) is 5.10 Å². The van der Waals surface area contributed by atoms with E-state index in [1.807, 2.05) is 18.9 Å². The number of nitrogens with one attached hydrogen (secondary N) is 1. The van der Waals surface area contributed by atoms with Crippen molar-refractivity contribution in [2.75, 3.05) is 23.2 Å². The first-order valence-electron chi connectivity index (χ1n) is 10.4. The normalized spacial score (nSPS) is 18.5. The maximum atomic E-state index is 14.6. The van der Waals surface area contributed by atoms with E-state index in [0.717, 1.165) is 6.07 Å². The van der Waals surface area contributed by atoms with Crippen LogP contribution in [0.1, 0.15) is 26.2 Å². The highest BCUT2D eigenvalue weighted by molar-refractivity contribution is 7.93. The van der Waals surface area contributed by atoms with Crippen LogP contribution in [0.15, 0.2) is 46.5 Å². The summed E-state index contributed by atoms with van der Waals surface area (Å²) in [5.74, 6) is -1.41. The molecule has 0 radical (unpaired) electrons. The van der Waals surface area contributed by atoms with Crippen LogP contribution >= 0.6 is 0 Å². The van der Waals surface area contributed by atoms with Gasteiger partial charge in [0.05, 0.1) is 17.3 Å².